The molecule has 0 bridgehead atoms. The van der Waals surface area contributed by atoms with Crippen molar-refractivity contribution in [3.8, 4) is 0 Å². The van der Waals surface area contributed by atoms with Crippen LogP contribution in [0.25, 0.3) is 0 Å². The van der Waals surface area contributed by atoms with Crippen molar-refractivity contribution in [1.29, 1.82) is 0 Å². The Hall–Kier alpha value is -0.610. The quantitative estimate of drug-likeness (QED) is 0.687. The van der Waals surface area contributed by atoms with E-state index < -0.39 is 0 Å². The predicted octanol–water partition coefficient (Wildman–Crippen LogP) is 1.19. The molecule has 0 spiro atoms. The SMILES string of the molecule is Nc1cc(C2CCNCC2)ns1. The highest BCUT2D eigenvalue weighted by Gasteiger charge is 2.17. The monoisotopic (exact) mass is 183 g/mol. The second-order valence-electron chi connectivity index (χ2n) is 3.18. The minimum absolute atomic E-state index is 0.639. The Labute approximate surface area is 76.1 Å². The number of aromatic nitrogens is 1. The number of hydrogen-bond acceptors (Lipinski definition) is 4. The van der Waals surface area contributed by atoms with E-state index in [1.807, 2.05) is 6.07 Å². The van der Waals surface area contributed by atoms with Crippen LogP contribution in [0.5, 0.6) is 0 Å². The van der Waals surface area contributed by atoms with Crippen LogP contribution >= 0.6 is 11.5 Å². The molecule has 4 heteroatoms. The van der Waals surface area contributed by atoms with Crippen molar-refractivity contribution in [2.75, 3.05) is 18.8 Å². The zero-order chi connectivity index (χ0) is 8.39. The van der Waals surface area contributed by atoms with Crippen LogP contribution in [0, 0.1) is 0 Å². The van der Waals surface area contributed by atoms with Gasteiger partial charge in [-0.05, 0) is 43.5 Å². The fourth-order valence-corrected chi connectivity index (χ4v) is 2.20. The lowest BCUT2D eigenvalue weighted by Crippen LogP contribution is -2.26. The minimum atomic E-state index is 0.639. The molecule has 1 aliphatic heterocycles. The smallest absolute Gasteiger partial charge is 0.107 e. The molecule has 12 heavy (non-hydrogen) atoms. The van der Waals surface area contributed by atoms with E-state index >= 15 is 0 Å². The first-order chi connectivity index (χ1) is 5.86. The van der Waals surface area contributed by atoms with Crippen molar-refractivity contribution < 1.29 is 0 Å². The summed E-state index contributed by atoms with van der Waals surface area (Å²) in [6.45, 7) is 2.23. The molecule has 1 fully saturated rings. The predicted molar refractivity (Wildman–Crippen MR) is 51.4 cm³/mol. The topological polar surface area (TPSA) is 50.9 Å². The van der Waals surface area contributed by atoms with Crippen molar-refractivity contribution in [2.24, 2.45) is 0 Å². The molecule has 1 aliphatic rings. The summed E-state index contributed by atoms with van der Waals surface area (Å²) in [4.78, 5) is 0. The van der Waals surface area contributed by atoms with Gasteiger partial charge in [0.2, 0.25) is 0 Å². The Morgan fingerprint density at radius 2 is 2.25 bits per heavy atom. The molecule has 0 aliphatic carbocycles. The van der Waals surface area contributed by atoms with Gasteiger partial charge in [-0.15, -0.1) is 0 Å². The average Bonchev–Trinajstić information content (AvgIpc) is 2.54. The van der Waals surface area contributed by atoms with Gasteiger partial charge in [0.15, 0.2) is 0 Å². The molecule has 66 valence electrons. The number of nitrogens with two attached hydrogens (primary N) is 1. The fraction of sp³-hybridized carbons (Fsp3) is 0.625. The molecule has 0 radical (unpaired) electrons. The molecular weight excluding hydrogens is 170 g/mol. The van der Waals surface area contributed by atoms with Gasteiger partial charge in [-0.3, -0.25) is 0 Å². The van der Waals surface area contributed by atoms with E-state index in [1.54, 1.807) is 0 Å². The lowest BCUT2D eigenvalue weighted by atomic mass is 9.95. The summed E-state index contributed by atoms with van der Waals surface area (Å²) in [5.41, 5.74) is 6.82. The number of rotatable bonds is 1. The summed E-state index contributed by atoms with van der Waals surface area (Å²) in [6.07, 6.45) is 2.40. The first kappa shape index (κ1) is 8.01. The molecule has 1 aromatic heterocycles. The van der Waals surface area contributed by atoms with Gasteiger partial charge < -0.3 is 11.1 Å². The third-order valence-corrected chi connectivity index (χ3v) is 2.93. The van der Waals surface area contributed by atoms with E-state index in [0.29, 0.717) is 5.92 Å². The Morgan fingerprint density at radius 1 is 1.50 bits per heavy atom. The van der Waals surface area contributed by atoms with Gasteiger partial charge in [0.25, 0.3) is 0 Å². The Bertz CT molecular complexity index is 253. The second kappa shape index (κ2) is 3.41. The molecule has 0 amide bonds. The Morgan fingerprint density at radius 3 is 2.83 bits per heavy atom. The van der Waals surface area contributed by atoms with Crippen molar-refractivity contribution in [3.05, 3.63) is 11.8 Å². The summed E-state index contributed by atoms with van der Waals surface area (Å²) >= 11 is 1.41. The third-order valence-electron chi connectivity index (χ3n) is 2.30. The highest BCUT2D eigenvalue weighted by atomic mass is 32.1. The average molecular weight is 183 g/mol. The second-order valence-corrected chi connectivity index (χ2v) is 4.01. The molecular formula is C8H13N3S. The van der Waals surface area contributed by atoms with Gasteiger partial charge in [-0.1, -0.05) is 0 Å². The van der Waals surface area contributed by atoms with Crippen molar-refractivity contribution >= 4 is 16.5 Å². The van der Waals surface area contributed by atoms with Gasteiger partial charge in [-0.25, -0.2) is 0 Å². The van der Waals surface area contributed by atoms with Gasteiger partial charge in [0.1, 0.15) is 5.00 Å². The number of hydrogen-bond donors (Lipinski definition) is 2. The Kier molecular flexibility index (Phi) is 2.28. The van der Waals surface area contributed by atoms with Crippen molar-refractivity contribution in [1.82, 2.24) is 9.69 Å². The first-order valence-corrected chi connectivity index (χ1v) is 5.06. The van der Waals surface area contributed by atoms with E-state index in [0.717, 1.165) is 18.1 Å². The van der Waals surface area contributed by atoms with E-state index in [1.165, 1.54) is 30.1 Å². The van der Waals surface area contributed by atoms with Crippen LogP contribution in [-0.4, -0.2) is 17.5 Å². The van der Waals surface area contributed by atoms with Crippen LogP contribution in [0.1, 0.15) is 24.5 Å². The standard InChI is InChI=1S/C8H13N3S/c9-8-5-7(11-12-8)6-1-3-10-4-2-6/h5-6,10H,1-4,9H2. The van der Waals surface area contributed by atoms with Crippen LogP contribution in [0.2, 0.25) is 0 Å². The van der Waals surface area contributed by atoms with Crippen LogP contribution in [0.3, 0.4) is 0 Å². The lowest BCUT2D eigenvalue weighted by Gasteiger charge is -2.20. The van der Waals surface area contributed by atoms with Crippen LogP contribution in [0.15, 0.2) is 6.07 Å². The third kappa shape index (κ3) is 1.59. The summed E-state index contributed by atoms with van der Waals surface area (Å²) in [5.74, 6) is 0.639. The maximum atomic E-state index is 5.63. The molecule has 1 saturated heterocycles. The van der Waals surface area contributed by atoms with Gasteiger partial charge >= 0.3 is 0 Å². The van der Waals surface area contributed by atoms with E-state index in [9.17, 15) is 0 Å². The van der Waals surface area contributed by atoms with Crippen molar-refractivity contribution in [2.45, 2.75) is 18.8 Å². The number of nitrogen functional groups attached to an aromatic ring is 1. The molecule has 0 unspecified atom stereocenters. The first-order valence-electron chi connectivity index (χ1n) is 4.29. The highest BCUT2D eigenvalue weighted by molar-refractivity contribution is 7.10. The van der Waals surface area contributed by atoms with E-state index in [4.69, 9.17) is 5.73 Å². The van der Waals surface area contributed by atoms with E-state index in [-0.39, 0.29) is 0 Å². The van der Waals surface area contributed by atoms with Crippen LogP contribution in [-0.2, 0) is 0 Å². The number of nitrogens with one attached hydrogen (secondary N) is 1. The van der Waals surface area contributed by atoms with Gasteiger partial charge in [0.05, 0.1) is 5.69 Å². The normalized spacial score (nSPS) is 19.7. The molecule has 3 nitrogen and oxygen atoms in total. The molecule has 2 rings (SSSR count). The minimum Gasteiger partial charge on any atom is -0.389 e. The number of nitrogens with zero attached hydrogens (tertiary/aromatic N) is 1. The summed E-state index contributed by atoms with van der Waals surface area (Å²) in [6, 6.07) is 2.01. The van der Waals surface area contributed by atoms with Gasteiger partial charge in [0, 0.05) is 5.92 Å². The fourth-order valence-electron chi connectivity index (χ4n) is 1.61. The summed E-state index contributed by atoms with van der Waals surface area (Å²) < 4.78 is 4.33. The van der Waals surface area contributed by atoms with Gasteiger partial charge in [-0.2, -0.15) is 4.37 Å². The maximum absolute atomic E-state index is 5.63. The summed E-state index contributed by atoms with van der Waals surface area (Å²) in [7, 11) is 0. The lowest BCUT2D eigenvalue weighted by molar-refractivity contribution is 0.455. The largest absolute Gasteiger partial charge is 0.389 e. The summed E-state index contributed by atoms with van der Waals surface area (Å²) in [5, 5.41) is 4.17. The molecule has 1 aromatic rings. The van der Waals surface area contributed by atoms with Crippen LogP contribution in [0.4, 0.5) is 5.00 Å². The molecule has 2 heterocycles. The van der Waals surface area contributed by atoms with E-state index in [2.05, 4.69) is 9.69 Å². The number of piperidine rings is 1. The Balaban J connectivity index is 2.08. The van der Waals surface area contributed by atoms with Crippen LogP contribution < -0.4 is 11.1 Å². The molecule has 0 aromatic carbocycles. The zero-order valence-electron chi connectivity index (χ0n) is 6.92. The van der Waals surface area contributed by atoms with Crippen molar-refractivity contribution in [3.63, 3.8) is 0 Å². The maximum Gasteiger partial charge on any atom is 0.107 e. The number of anilines is 1. The molecule has 0 atom stereocenters. The molecule has 0 saturated carbocycles. The molecule has 3 N–H and O–H groups in total. The highest BCUT2D eigenvalue weighted by Crippen LogP contribution is 2.26. The zero-order valence-corrected chi connectivity index (χ0v) is 7.73.